The normalized spacial score (nSPS) is 9.40. The number of nitrogens with zero attached hydrogens (tertiary/aromatic N) is 1. The molecule has 0 saturated carbocycles. The Morgan fingerprint density at radius 3 is 2.87 bits per heavy atom. The fourth-order valence-corrected chi connectivity index (χ4v) is 0.921. The first-order valence-corrected chi connectivity index (χ1v) is 4.36. The van der Waals surface area contributed by atoms with Crippen molar-refractivity contribution in [3.63, 3.8) is 0 Å². The Hall–Kier alpha value is -1.86. The zero-order valence-corrected chi connectivity index (χ0v) is 8.16. The molecule has 0 spiro atoms. The lowest BCUT2D eigenvalue weighted by molar-refractivity contribution is 0.348. The highest BCUT2D eigenvalue weighted by atomic mass is 19.1. The van der Waals surface area contributed by atoms with Crippen LogP contribution in [0.2, 0.25) is 0 Å². The topological polar surface area (TPSA) is 59.0 Å². The Labute approximate surface area is 87.6 Å². The molecule has 3 nitrogen and oxygen atoms in total. The van der Waals surface area contributed by atoms with Gasteiger partial charge in [0.05, 0.1) is 5.56 Å². The van der Waals surface area contributed by atoms with E-state index in [4.69, 9.17) is 15.7 Å². The maximum Gasteiger partial charge on any atom is 0.144 e. The van der Waals surface area contributed by atoms with Gasteiger partial charge in [-0.1, -0.05) is 6.58 Å². The van der Waals surface area contributed by atoms with E-state index in [0.29, 0.717) is 12.3 Å². The lowest BCUT2D eigenvalue weighted by atomic mass is 10.2. The van der Waals surface area contributed by atoms with E-state index in [9.17, 15) is 4.39 Å². The molecule has 0 unspecified atom stereocenters. The summed E-state index contributed by atoms with van der Waals surface area (Å²) < 4.78 is 18.3. The molecular weight excluding hydrogens is 195 g/mol. The van der Waals surface area contributed by atoms with Crippen molar-refractivity contribution in [2.24, 2.45) is 5.73 Å². The van der Waals surface area contributed by atoms with Crippen LogP contribution in [0.4, 0.5) is 4.39 Å². The van der Waals surface area contributed by atoms with Crippen molar-refractivity contribution in [2.75, 3.05) is 13.2 Å². The van der Waals surface area contributed by atoms with E-state index in [1.807, 2.05) is 0 Å². The maximum atomic E-state index is 13.1. The summed E-state index contributed by atoms with van der Waals surface area (Å²) >= 11 is 0. The molecule has 1 aromatic rings. The molecule has 0 amide bonds. The SMILES string of the molecule is C=C(CN)COc1ccc(C#N)c(F)c1. The van der Waals surface area contributed by atoms with E-state index in [2.05, 4.69) is 6.58 Å². The monoisotopic (exact) mass is 206 g/mol. The van der Waals surface area contributed by atoms with Crippen molar-refractivity contribution in [3.05, 3.63) is 41.7 Å². The molecule has 78 valence electrons. The summed E-state index contributed by atoms with van der Waals surface area (Å²) in [6.07, 6.45) is 0. The molecule has 0 saturated heterocycles. The van der Waals surface area contributed by atoms with Gasteiger partial charge in [0, 0.05) is 12.6 Å². The maximum absolute atomic E-state index is 13.1. The lowest BCUT2D eigenvalue weighted by Gasteiger charge is -2.07. The van der Waals surface area contributed by atoms with Crippen LogP contribution in [0, 0.1) is 17.1 Å². The molecule has 0 aromatic heterocycles. The Bertz CT molecular complexity index is 410. The number of halogens is 1. The number of nitrogens with two attached hydrogens (primary N) is 1. The summed E-state index contributed by atoms with van der Waals surface area (Å²) in [6.45, 7) is 4.23. The van der Waals surface area contributed by atoms with E-state index in [1.54, 1.807) is 6.07 Å². The van der Waals surface area contributed by atoms with Crippen LogP contribution in [0.15, 0.2) is 30.4 Å². The van der Waals surface area contributed by atoms with E-state index < -0.39 is 5.82 Å². The van der Waals surface area contributed by atoms with Crippen molar-refractivity contribution in [2.45, 2.75) is 0 Å². The molecule has 0 aliphatic rings. The average Bonchev–Trinajstić information content (AvgIpc) is 2.26. The number of benzene rings is 1. The predicted octanol–water partition coefficient (Wildman–Crippen LogP) is 1.59. The number of ether oxygens (including phenoxy) is 1. The number of nitriles is 1. The molecule has 2 N–H and O–H groups in total. The first-order chi connectivity index (χ1) is 7.17. The van der Waals surface area contributed by atoms with Gasteiger partial charge in [-0.3, -0.25) is 0 Å². The molecule has 0 bridgehead atoms. The minimum atomic E-state index is -0.589. The van der Waals surface area contributed by atoms with Gasteiger partial charge < -0.3 is 10.5 Å². The molecule has 15 heavy (non-hydrogen) atoms. The molecule has 0 aliphatic heterocycles. The zero-order chi connectivity index (χ0) is 11.3. The zero-order valence-electron chi connectivity index (χ0n) is 8.16. The van der Waals surface area contributed by atoms with Gasteiger partial charge in [0.2, 0.25) is 0 Å². The number of hydrogen-bond donors (Lipinski definition) is 1. The third kappa shape index (κ3) is 3.08. The molecule has 4 heteroatoms. The van der Waals surface area contributed by atoms with E-state index in [-0.39, 0.29) is 12.2 Å². The molecule has 0 fully saturated rings. The van der Waals surface area contributed by atoms with Gasteiger partial charge in [-0.2, -0.15) is 5.26 Å². The van der Waals surface area contributed by atoms with Gasteiger partial charge in [-0.25, -0.2) is 4.39 Å². The Morgan fingerprint density at radius 1 is 1.60 bits per heavy atom. The largest absolute Gasteiger partial charge is 0.489 e. The van der Waals surface area contributed by atoms with Gasteiger partial charge in [-0.05, 0) is 17.7 Å². The Balaban J connectivity index is 2.68. The third-order valence-electron chi connectivity index (χ3n) is 1.79. The van der Waals surface area contributed by atoms with Crippen LogP contribution in [0.1, 0.15) is 5.56 Å². The quantitative estimate of drug-likeness (QED) is 0.761. The number of hydrogen-bond acceptors (Lipinski definition) is 3. The second-order valence-corrected chi connectivity index (χ2v) is 3.00. The van der Waals surface area contributed by atoms with Crippen molar-refractivity contribution in [1.29, 1.82) is 5.26 Å². The minimum Gasteiger partial charge on any atom is -0.489 e. The highest BCUT2D eigenvalue weighted by Crippen LogP contribution is 2.16. The van der Waals surface area contributed by atoms with Crippen LogP contribution in [0.5, 0.6) is 5.75 Å². The predicted molar refractivity (Wildman–Crippen MR) is 54.8 cm³/mol. The molecule has 0 radical (unpaired) electrons. The van der Waals surface area contributed by atoms with Crippen molar-refractivity contribution < 1.29 is 9.13 Å². The van der Waals surface area contributed by atoms with Gasteiger partial charge in [0.1, 0.15) is 24.2 Å². The molecule has 1 aromatic carbocycles. The molecule has 0 atom stereocenters. The fourth-order valence-electron chi connectivity index (χ4n) is 0.921. The van der Waals surface area contributed by atoms with Crippen LogP contribution >= 0.6 is 0 Å². The lowest BCUT2D eigenvalue weighted by Crippen LogP contribution is -2.09. The van der Waals surface area contributed by atoms with Crippen LogP contribution in [-0.2, 0) is 0 Å². The summed E-state index contributed by atoms with van der Waals surface area (Å²) in [5.74, 6) is -0.227. The van der Waals surface area contributed by atoms with E-state index >= 15 is 0 Å². The van der Waals surface area contributed by atoms with Crippen molar-refractivity contribution >= 4 is 0 Å². The molecule has 0 heterocycles. The highest BCUT2D eigenvalue weighted by molar-refractivity contribution is 5.36. The van der Waals surface area contributed by atoms with Crippen molar-refractivity contribution in [3.8, 4) is 11.8 Å². The fraction of sp³-hybridized carbons (Fsp3) is 0.182. The average molecular weight is 206 g/mol. The standard InChI is InChI=1S/C11H11FN2O/c1-8(5-13)7-15-10-3-2-9(6-14)11(12)4-10/h2-4H,1,5,7,13H2. The van der Waals surface area contributed by atoms with Crippen LogP contribution in [0.25, 0.3) is 0 Å². The second-order valence-electron chi connectivity index (χ2n) is 3.00. The molecule has 1 rings (SSSR count). The summed E-state index contributed by atoms with van der Waals surface area (Å²) in [6, 6.07) is 5.80. The molecule has 0 aliphatic carbocycles. The van der Waals surface area contributed by atoms with Crippen LogP contribution in [0.3, 0.4) is 0 Å². The number of rotatable bonds is 4. The Kier molecular flexibility index (Phi) is 3.83. The minimum absolute atomic E-state index is 0.00000129. The van der Waals surface area contributed by atoms with E-state index in [1.165, 1.54) is 18.2 Å². The third-order valence-corrected chi connectivity index (χ3v) is 1.79. The molecular formula is C11H11FN2O. The summed E-state index contributed by atoms with van der Waals surface area (Å²) in [5, 5.41) is 8.50. The van der Waals surface area contributed by atoms with Gasteiger partial charge in [-0.15, -0.1) is 0 Å². The van der Waals surface area contributed by atoms with Crippen LogP contribution < -0.4 is 10.5 Å². The summed E-state index contributed by atoms with van der Waals surface area (Å²) in [7, 11) is 0. The van der Waals surface area contributed by atoms with Gasteiger partial charge >= 0.3 is 0 Å². The van der Waals surface area contributed by atoms with Crippen molar-refractivity contribution in [1.82, 2.24) is 0 Å². The summed E-state index contributed by atoms with van der Waals surface area (Å²) in [4.78, 5) is 0. The summed E-state index contributed by atoms with van der Waals surface area (Å²) in [5.41, 5.74) is 6.04. The Morgan fingerprint density at radius 2 is 2.33 bits per heavy atom. The second kappa shape index (κ2) is 5.13. The first-order valence-electron chi connectivity index (χ1n) is 4.36. The highest BCUT2D eigenvalue weighted by Gasteiger charge is 2.03. The van der Waals surface area contributed by atoms with E-state index in [0.717, 1.165) is 5.57 Å². The smallest absolute Gasteiger partial charge is 0.144 e. The first kappa shape index (κ1) is 11.2. The van der Waals surface area contributed by atoms with Crippen LogP contribution in [-0.4, -0.2) is 13.2 Å². The van der Waals surface area contributed by atoms with Gasteiger partial charge in [0.15, 0.2) is 0 Å². The van der Waals surface area contributed by atoms with Gasteiger partial charge in [0.25, 0.3) is 0 Å².